The summed E-state index contributed by atoms with van der Waals surface area (Å²) in [5.41, 5.74) is -1.27. The fourth-order valence-electron chi connectivity index (χ4n) is 1.07. The van der Waals surface area contributed by atoms with E-state index >= 15 is 0 Å². The summed E-state index contributed by atoms with van der Waals surface area (Å²) in [6, 6.07) is -0.795. The number of rotatable bonds is 5. The van der Waals surface area contributed by atoms with Gasteiger partial charge in [-0.05, 0) is 13.8 Å². The first-order valence-corrected chi connectivity index (χ1v) is 5.45. The molecule has 0 aromatic carbocycles. The number of ether oxygens (including phenoxy) is 1. The van der Waals surface area contributed by atoms with E-state index in [9.17, 15) is 19.2 Å². The van der Waals surface area contributed by atoms with Crippen molar-refractivity contribution in [1.82, 2.24) is 10.2 Å². The molecule has 0 radical (unpaired) electrons. The molecule has 0 saturated heterocycles. The van der Waals surface area contributed by atoms with E-state index in [-0.39, 0.29) is 13.0 Å². The molecule has 0 aliphatic carbocycles. The SMILES string of the molecule is COC(=O)CN(C)C(=O)NC(=O)CC(C)(C)C(=O)O. The van der Waals surface area contributed by atoms with Crippen LogP contribution in [0.25, 0.3) is 0 Å². The van der Waals surface area contributed by atoms with Crippen LogP contribution in [0.5, 0.6) is 0 Å². The number of carbonyl (C=O) groups excluding carboxylic acids is 3. The number of hydrogen-bond acceptors (Lipinski definition) is 5. The van der Waals surface area contributed by atoms with Crippen LogP contribution in [0.2, 0.25) is 0 Å². The Bertz CT molecular complexity index is 391. The first kappa shape index (κ1) is 16.9. The van der Waals surface area contributed by atoms with Crippen molar-refractivity contribution in [2.24, 2.45) is 5.41 Å². The van der Waals surface area contributed by atoms with Crippen molar-refractivity contribution in [2.75, 3.05) is 20.7 Å². The summed E-state index contributed by atoms with van der Waals surface area (Å²) in [7, 11) is 2.48. The Labute approximate surface area is 110 Å². The topological polar surface area (TPSA) is 113 Å². The Hall–Kier alpha value is -2.12. The average Bonchev–Trinajstić information content (AvgIpc) is 2.27. The van der Waals surface area contributed by atoms with Gasteiger partial charge in [0.25, 0.3) is 0 Å². The van der Waals surface area contributed by atoms with Gasteiger partial charge in [-0.3, -0.25) is 19.7 Å². The normalized spacial score (nSPS) is 10.5. The smallest absolute Gasteiger partial charge is 0.325 e. The van der Waals surface area contributed by atoms with E-state index in [0.717, 1.165) is 4.90 Å². The number of carboxylic acid groups (broad SMARTS) is 1. The van der Waals surface area contributed by atoms with Gasteiger partial charge in [0.05, 0.1) is 12.5 Å². The number of amides is 3. The van der Waals surface area contributed by atoms with Crippen LogP contribution in [0, 0.1) is 5.41 Å². The zero-order valence-electron chi connectivity index (χ0n) is 11.3. The lowest BCUT2D eigenvalue weighted by atomic mass is 9.89. The summed E-state index contributed by atoms with van der Waals surface area (Å²) >= 11 is 0. The maximum Gasteiger partial charge on any atom is 0.325 e. The summed E-state index contributed by atoms with van der Waals surface area (Å²) in [5, 5.41) is 10.8. The van der Waals surface area contributed by atoms with Crippen molar-refractivity contribution < 1.29 is 29.0 Å². The number of nitrogens with one attached hydrogen (secondary N) is 1. The minimum Gasteiger partial charge on any atom is -0.481 e. The molecule has 0 aromatic heterocycles. The van der Waals surface area contributed by atoms with E-state index < -0.39 is 29.3 Å². The number of imide groups is 1. The number of carboxylic acids is 1. The maximum absolute atomic E-state index is 11.5. The number of esters is 1. The fourth-order valence-corrected chi connectivity index (χ4v) is 1.07. The van der Waals surface area contributed by atoms with Crippen molar-refractivity contribution in [1.29, 1.82) is 0 Å². The van der Waals surface area contributed by atoms with Crippen LogP contribution < -0.4 is 5.32 Å². The van der Waals surface area contributed by atoms with Crippen LogP contribution in [0.1, 0.15) is 20.3 Å². The van der Waals surface area contributed by atoms with Gasteiger partial charge in [-0.2, -0.15) is 0 Å². The van der Waals surface area contributed by atoms with Gasteiger partial charge in [0.2, 0.25) is 5.91 Å². The number of aliphatic carboxylic acids is 1. The molecular weight excluding hydrogens is 256 g/mol. The third kappa shape index (κ3) is 5.84. The molecule has 0 saturated carbocycles. The summed E-state index contributed by atoms with van der Waals surface area (Å²) in [6.07, 6.45) is -0.347. The zero-order valence-corrected chi connectivity index (χ0v) is 11.3. The van der Waals surface area contributed by atoms with E-state index in [1.165, 1.54) is 28.0 Å². The minimum absolute atomic E-state index is 0.308. The van der Waals surface area contributed by atoms with Crippen molar-refractivity contribution in [2.45, 2.75) is 20.3 Å². The summed E-state index contributed by atoms with van der Waals surface area (Å²) < 4.78 is 4.36. The molecule has 3 amide bonds. The molecule has 0 aliphatic rings. The van der Waals surface area contributed by atoms with Crippen molar-refractivity contribution in [3.63, 3.8) is 0 Å². The van der Waals surface area contributed by atoms with Gasteiger partial charge in [0.1, 0.15) is 6.54 Å². The highest BCUT2D eigenvalue weighted by molar-refractivity contribution is 5.97. The molecule has 8 heteroatoms. The second-order valence-electron chi connectivity index (χ2n) is 4.65. The van der Waals surface area contributed by atoms with E-state index in [4.69, 9.17) is 5.11 Å². The third-order valence-corrected chi connectivity index (χ3v) is 2.37. The molecule has 0 unspecified atom stereocenters. The molecule has 19 heavy (non-hydrogen) atoms. The molecule has 0 heterocycles. The lowest BCUT2D eigenvalue weighted by molar-refractivity contribution is -0.149. The van der Waals surface area contributed by atoms with Gasteiger partial charge in [-0.25, -0.2) is 4.79 Å². The van der Waals surface area contributed by atoms with E-state index in [1.807, 2.05) is 5.32 Å². The van der Waals surface area contributed by atoms with Gasteiger partial charge in [-0.15, -0.1) is 0 Å². The predicted octanol–water partition coefficient (Wildman–Crippen LogP) is -0.172. The number of methoxy groups -OCH3 is 1. The first-order chi connectivity index (χ1) is 8.60. The lowest BCUT2D eigenvalue weighted by Gasteiger charge is -2.20. The highest BCUT2D eigenvalue weighted by atomic mass is 16.5. The van der Waals surface area contributed by atoms with Gasteiger partial charge < -0.3 is 14.7 Å². The Kier molecular flexibility index (Phi) is 5.97. The molecule has 0 aromatic rings. The molecule has 8 nitrogen and oxygen atoms in total. The van der Waals surface area contributed by atoms with Crippen molar-refractivity contribution >= 4 is 23.9 Å². The van der Waals surface area contributed by atoms with Crippen molar-refractivity contribution in [3.05, 3.63) is 0 Å². The van der Waals surface area contributed by atoms with E-state index in [1.54, 1.807) is 0 Å². The molecule has 108 valence electrons. The van der Waals surface area contributed by atoms with Gasteiger partial charge in [0.15, 0.2) is 0 Å². The Morgan fingerprint density at radius 1 is 1.26 bits per heavy atom. The summed E-state index contributed by atoms with van der Waals surface area (Å²) in [5.74, 6) is -2.50. The molecule has 0 bridgehead atoms. The van der Waals surface area contributed by atoms with E-state index in [2.05, 4.69) is 4.74 Å². The van der Waals surface area contributed by atoms with Gasteiger partial charge >= 0.3 is 18.0 Å². The van der Waals surface area contributed by atoms with Crippen LogP contribution >= 0.6 is 0 Å². The highest BCUT2D eigenvalue weighted by Crippen LogP contribution is 2.19. The highest BCUT2D eigenvalue weighted by Gasteiger charge is 2.31. The van der Waals surface area contributed by atoms with Crippen LogP contribution in [0.15, 0.2) is 0 Å². The lowest BCUT2D eigenvalue weighted by Crippen LogP contribution is -2.44. The maximum atomic E-state index is 11.5. The van der Waals surface area contributed by atoms with Crippen LogP contribution in [0.4, 0.5) is 4.79 Å². The molecule has 0 fully saturated rings. The molecule has 0 rings (SSSR count). The standard InChI is InChI=1S/C11H18N2O6/c1-11(2,9(16)17)5-7(14)12-10(18)13(3)6-8(15)19-4/h5-6H2,1-4H3,(H,16,17)(H,12,14,18). The van der Waals surface area contributed by atoms with Crippen LogP contribution in [0.3, 0.4) is 0 Å². The number of hydrogen-bond donors (Lipinski definition) is 2. The summed E-state index contributed by atoms with van der Waals surface area (Å²) in [4.78, 5) is 45.7. The Balaban J connectivity index is 4.38. The van der Waals surface area contributed by atoms with Gasteiger partial charge in [-0.1, -0.05) is 0 Å². The largest absolute Gasteiger partial charge is 0.481 e. The molecular formula is C11H18N2O6. The van der Waals surface area contributed by atoms with E-state index in [0.29, 0.717) is 0 Å². The molecule has 0 aliphatic heterocycles. The summed E-state index contributed by atoms with van der Waals surface area (Å²) in [6.45, 7) is 2.44. The number of likely N-dealkylation sites (N-methyl/N-ethyl adjacent to an activating group) is 1. The van der Waals surface area contributed by atoms with Crippen molar-refractivity contribution in [3.8, 4) is 0 Å². The van der Waals surface area contributed by atoms with Crippen LogP contribution in [-0.2, 0) is 19.1 Å². The monoisotopic (exact) mass is 274 g/mol. The first-order valence-electron chi connectivity index (χ1n) is 5.45. The second-order valence-corrected chi connectivity index (χ2v) is 4.65. The fraction of sp³-hybridized carbons (Fsp3) is 0.636. The molecule has 2 N–H and O–H groups in total. The predicted molar refractivity (Wildman–Crippen MR) is 64.2 cm³/mol. The number of nitrogens with zero attached hydrogens (tertiary/aromatic N) is 1. The van der Waals surface area contributed by atoms with Gasteiger partial charge in [0, 0.05) is 13.5 Å². The number of urea groups is 1. The second kappa shape index (κ2) is 6.72. The zero-order chi connectivity index (χ0) is 15.2. The van der Waals surface area contributed by atoms with Crippen LogP contribution in [-0.4, -0.2) is 54.6 Å². The Morgan fingerprint density at radius 3 is 2.21 bits per heavy atom. The average molecular weight is 274 g/mol. The molecule has 0 spiro atoms. The number of carbonyl (C=O) groups is 4. The third-order valence-electron chi connectivity index (χ3n) is 2.37. The molecule has 0 atom stereocenters. The minimum atomic E-state index is -1.27. The quantitative estimate of drug-likeness (QED) is 0.673. The Morgan fingerprint density at radius 2 is 1.79 bits per heavy atom.